The lowest BCUT2D eigenvalue weighted by Crippen LogP contribution is -2.48. The van der Waals surface area contributed by atoms with Gasteiger partial charge in [-0.2, -0.15) is 0 Å². The number of hydrogen-bond acceptors (Lipinski definition) is 5. The standard InChI is InChI=1S/C15H21N3O3/c19-18(20)15-7-6-14(21-15)12-16-8-10-17(11-9-16)13-4-2-1-3-5-13/h1-5,14-15H,6-12H2/t14-,15?/m1/s1. The largest absolute Gasteiger partial charge is 0.369 e. The van der Waals surface area contributed by atoms with E-state index in [4.69, 9.17) is 4.74 Å². The SMILES string of the molecule is O=[N+]([O-])C1CC[C@H](CN2CCN(c3ccccc3)CC2)O1. The van der Waals surface area contributed by atoms with Gasteiger partial charge in [-0.05, 0) is 18.6 Å². The molecule has 2 heterocycles. The van der Waals surface area contributed by atoms with E-state index in [1.165, 1.54) is 5.69 Å². The number of benzene rings is 1. The summed E-state index contributed by atoms with van der Waals surface area (Å²) < 4.78 is 5.48. The lowest BCUT2D eigenvalue weighted by atomic mass is 10.2. The van der Waals surface area contributed by atoms with Gasteiger partial charge in [0.25, 0.3) is 0 Å². The Morgan fingerprint density at radius 1 is 1.14 bits per heavy atom. The first-order valence-corrected chi connectivity index (χ1v) is 7.53. The first-order valence-electron chi connectivity index (χ1n) is 7.53. The third-order valence-corrected chi connectivity index (χ3v) is 4.28. The smallest absolute Gasteiger partial charge is 0.315 e. The highest BCUT2D eigenvalue weighted by molar-refractivity contribution is 5.46. The minimum Gasteiger partial charge on any atom is -0.369 e. The van der Waals surface area contributed by atoms with Gasteiger partial charge in [-0.25, -0.2) is 0 Å². The number of piperazine rings is 1. The molecule has 3 rings (SSSR count). The third kappa shape index (κ3) is 3.51. The number of ether oxygens (including phenoxy) is 1. The number of nitrogens with zero attached hydrogens (tertiary/aromatic N) is 3. The monoisotopic (exact) mass is 291 g/mol. The van der Waals surface area contributed by atoms with Crippen molar-refractivity contribution in [2.45, 2.75) is 25.2 Å². The molecule has 21 heavy (non-hydrogen) atoms. The fourth-order valence-electron chi connectivity index (χ4n) is 3.09. The van der Waals surface area contributed by atoms with Crippen LogP contribution in [0.4, 0.5) is 5.69 Å². The molecule has 0 N–H and O–H groups in total. The van der Waals surface area contributed by atoms with Crippen molar-refractivity contribution in [3.8, 4) is 0 Å². The molecule has 2 atom stereocenters. The molecule has 0 bridgehead atoms. The van der Waals surface area contributed by atoms with Crippen LogP contribution < -0.4 is 4.90 Å². The molecule has 0 spiro atoms. The zero-order valence-electron chi connectivity index (χ0n) is 12.1. The lowest BCUT2D eigenvalue weighted by Gasteiger charge is -2.36. The summed E-state index contributed by atoms with van der Waals surface area (Å²) in [6.07, 6.45) is 0.566. The Kier molecular flexibility index (Phi) is 4.36. The molecule has 114 valence electrons. The van der Waals surface area contributed by atoms with E-state index in [0.29, 0.717) is 6.42 Å². The molecule has 1 aromatic rings. The van der Waals surface area contributed by atoms with Crippen molar-refractivity contribution >= 4 is 5.69 Å². The summed E-state index contributed by atoms with van der Waals surface area (Å²) in [5, 5.41) is 10.7. The molecule has 1 unspecified atom stereocenters. The van der Waals surface area contributed by atoms with Gasteiger partial charge in [-0.3, -0.25) is 15.0 Å². The maximum absolute atomic E-state index is 10.7. The Hall–Kier alpha value is -1.66. The van der Waals surface area contributed by atoms with Crippen LogP contribution in [0.1, 0.15) is 12.8 Å². The highest BCUT2D eigenvalue weighted by atomic mass is 16.7. The van der Waals surface area contributed by atoms with Gasteiger partial charge in [0.05, 0.1) is 11.0 Å². The summed E-state index contributed by atoms with van der Waals surface area (Å²) >= 11 is 0. The van der Waals surface area contributed by atoms with Gasteiger partial charge < -0.3 is 9.64 Å². The van der Waals surface area contributed by atoms with Crippen LogP contribution in [0.25, 0.3) is 0 Å². The van der Waals surface area contributed by atoms with E-state index >= 15 is 0 Å². The summed E-state index contributed by atoms with van der Waals surface area (Å²) in [7, 11) is 0. The second-order valence-corrected chi connectivity index (χ2v) is 5.70. The normalized spacial score (nSPS) is 27.0. The summed E-state index contributed by atoms with van der Waals surface area (Å²) in [5.74, 6) is 0. The molecule has 2 aliphatic heterocycles. The van der Waals surface area contributed by atoms with Crippen LogP contribution in [0, 0.1) is 10.1 Å². The fraction of sp³-hybridized carbons (Fsp3) is 0.600. The molecule has 0 aromatic heterocycles. The van der Waals surface area contributed by atoms with Crippen molar-refractivity contribution in [2.24, 2.45) is 0 Å². The number of nitro groups is 1. The summed E-state index contributed by atoms with van der Waals surface area (Å²) in [5.41, 5.74) is 1.27. The average molecular weight is 291 g/mol. The van der Waals surface area contributed by atoms with Gasteiger partial charge in [0.2, 0.25) is 0 Å². The number of rotatable bonds is 4. The predicted octanol–water partition coefficient (Wildman–Crippen LogP) is 1.59. The minimum absolute atomic E-state index is 0.0173. The van der Waals surface area contributed by atoms with E-state index in [1.54, 1.807) is 0 Å². The van der Waals surface area contributed by atoms with Crippen molar-refractivity contribution in [1.82, 2.24) is 4.90 Å². The van der Waals surface area contributed by atoms with Crippen molar-refractivity contribution in [2.75, 3.05) is 37.6 Å². The van der Waals surface area contributed by atoms with Gasteiger partial charge in [-0.1, -0.05) is 18.2 Å². The molecule has 0 amide bonds. The molecule has 2 saturated heterocycles. The summed E-state index contributed by atoms with van der Waals surface area (Å²) in [6.45, 7) is 4.77. The van der Waals surface area contributed by atoms with Crippen molar-refractivity contribution in [1.29, 1.82) is 0 Å². The highest BCUT2D eigenvalue weighted by Crippen LogP contribution is 2.22. The second-order valence-electron chi connectivity index (χ2n) is 5.70. The van der Waals surface area contributed by atoms with E-state index in [1.807, 2.05) is 6.07 Å². The predicted molar refractivity (Wildman–Crippen MR) is 80.0 cm³/mol. The first kappa shape index (κ1) is 14.3. The van der Waals surface area contributed by atoms with Crippen LogP contribution >= 0.6 is 0 Å². The van der Waals surface area contributed by atoms with Gasteiger partial charge in [0.1, 0.15) is 0 Å². The van der Waals surface area contributed by atoms with E-state index in [0.717, 1.165) is 39.1 Å². The van der Waals surface area contributed by atoms with Crippen LogP contribution in [-0.2, 0) is 4.74 Å². The van der Waals surface area contributed by atoms with Crippen molar-refractivity contribution in [3.63, 3.8) is 0 Å². The molecule has 0 aliphatic carbocycles. The van der Waals surface area contributed by atoms with Gasteiger partial charge in [0.15, 0.2) is 0 Å². The number of hydrogen-bond donors (Lipinski definition) is 0. The van der Waals surface area contributed by atoms with Gasteiger partial charge >= 0.3 is 6.23 Å². The Balaban J connectivity index is 1.45. The van der Waals surface area contributed by atoms with Gasteiger partial charge in [0, 0.05) is 44.8 Å². The van der Waals surface area contributed by atoms with Crippen LogP contribution in [0.3, 0.4) is 0 Å². The number of anilines is 1. The molecule has 2 fully saturated rings. The van der Waals surface area contributed by atoms with Crippen LogP contribution in [0.15, 0.2) is 30.3 Å². The molecular formula is C15H21N3O3. The number of para-hydroxylation sites is 1. The van der Waals surface area contributed by atoms with E-state index < -0.39 is 6.23 Å². The highest BCUT2D eigenvalue weighted by Gasteiger charge is 2.34. The van der Waals surface area contributed by atoms with Gasteiger partial charge in [-0.15, -0.1) is 0 Å². The Morgan fingerprint density at radius 2 is 1.86 bits per heavy atom. The maximum atomic E-state index is 10.7. The van der Waals surface area contributed by atoms with E-state index in [9.17, 15) is 10.1 Å². The van der Waals surface area contributed by atoms with Crippen LogP contribution in [0.2, 0.25) is 0 Å². The van der Waals surface area contributed by atoms with E-state index in [-0.39, 0.29) is 11.0 Å². The molecule has 6 nitrogen and oxygen atoms in total. The van der Waals surface area contributed by atoms with Crippen LogP contribution in [-0.4, -0.2) is 54.9 Å². The Labute approximate surface area is 124 Å². The molecule has 2 aliphatic rings. The molecule has 0 saturated carbocycles. The fourth-order valence-corrected chi connectivity index (χ4v) is 3.09. The molecular weight excluding hydrogens is 270 g/mol. The quantitative estimate of drug-likeness (QED) is 0.623. The zero-order chi connectivity index (χ0) is 14.7. The second kappa shape index (κ2) is 6.41. The maximum Gasteiger partial charge on any atom is 0.315 e. The molecule has 0 radical (unpaired) electrons. The Bertz CT molecular complexity index is 474. The first-order chi connectivity index (χ1) is 10.2. The molecule has 6 heteroatoms. The average Bonchev–Trinajstić information content (AvgIpc) is 2.98. The van der Waals surface area contributed by atoms with Crippen molar-refractivity contribution in [3.05, 3.63) is 40.4 Å². The minimum atomic E-state index is -0.791. The summed E-state index contributed by atoms with van der Waals surface area (Å²) in [4.78, 5) is 15.1. The third-order valence-electron chi connectivity index (χ3n) is 4.28. The zero-order valence-corrected chi connectivity index (χ0v) is 12.1. The Morgan fingerprint density at radius 3 is 2.48 bits per heavy atom. The summed E-state index contributed by atoms with van der Waals surface area (Å²) in [6, 6.07) is 10.4. The van der Waals surface area contributed by atoms with Crippen LogP contribution in [0.5, 0.6) is 0 Å². The van der Waals surface area contributed by atoms with E-state index in [2.05, 4.69) is 34.1 Å². The lowest BCUT2D eigenvalue weighted by molar-refractivity contribution is -0.571. The topological polar surface area (TPSA) is 58.9 Å². The van der Waals surface area contributed by atoms with Crippen molar-refractivity contribution < 1.29 is 9.66 Å². The molecule has 1 aromatic carbocycles.